The molecule has 1 aromatic carbocycles. The number of carbonyl (C=O) groups is 3. The molecule has 2 fully saturated rings. The maximum atomic E-state index is 14.5. The number of nitrogens with zero attached hydrogens (tertiary/aromatic N) is 4. The minimum atomic E-state index is -1.26. The first-order valence-corrected chi connectivity index (χ1v) is 16.6. The lowest BCUT2D eigenvalue weighted by atomic mass is 9.82. The number of aliphatic hydroxyl groups is 2. The molecule has 2 N–H and O–H groups in total. The molecule has 3 rings (SSSR count). The zero-order chi connectivity index (χ0) is 33.8. The Morgan fingerprint density at radius 2 is 1.67 bits per heavy atom. The Labute approximate surface area is 274 Å². The van der Waals surface area contributed by atoms with Gasteiger partial charge < -0.3 is 39.1 Å². The van der Waals surface area contributed by atoms with E-state index in [4.69, 9.17) is 14.2 Å². The molecule has 2 aliphatic heterocycles. The third kappa shape index (κ3) is 10.6. The highest BCUT2D eigenvalue weighted by Gasteiger charge is 2.38. The van der Waals surface area contributed by atoms with Gasteiger partial charge in [0.15, 0.2) is 0 Å². The molecule has 2 aliphatic rings. The van der Waals surface area contributed by atoms with E-state index >= 15 is 0 Å². The van der Waals surface area contributed by atoms with Crippen molar-refractivity contribution in [2.45, 2.75) is 71.3 Å². The van der Waals surface area contributed by atoms with Crippen molar-refractivity contribution in [1.82, 2.24) is 19.6 Å². The fraction of sp³-hybridized carbons (Fsp3) is 0.735. The molecule has 1 aromatic rings. The summed E-state index contributed by atoms with van der Waals surface area (Å²) in [5.41, 5.74) is 0.910. The van der Waals surface area contributed by atoms with Crippen molar-refractivity contribution < 1.29 is 38.8 Å². The maximum Gasteiger partial charge on any atom is 0.237 e. The standard InChI is InChI=1S/C34H56N4O8/c1-24(2)29-20-37(26(4)40)21-31(45-6)34(43)30(41)23-46-18-8-7-15-38(33(29)27-11-9-12-28(19-27)44-5)32(42)22-35-13-10-14-36(17-16-35)25(3)39/h9,11-12,19,24,29-31,33-34,41,43H,7-8,10,13-18,20-23H2,1-6H3/t29-,30+,31+,33-,34+/m1/s1. The summed E-state index contributed by atoms with van der Waals surface area (Å²) >= 11 is 0. The number of ether oxygens (including phenoxy) is 3. The Morgan fingerprint density at radius 1 is 0.935 bits per heavy atom. The smallest absolute Gasteiger partial charge is 0.237 e. The van der Waals surface area contributed by atoms with Gasteiger partial charge in [-0.3, -0.25) is 19.3 Å². The van der Waals surface area contributed by atoms with E-state index in [1.807, 2.05) is 34.1 Å². The number of aliphatic hydroxyl groups excluding tert-OH is 2. The summed E-state index contributed by atoms with van der Waals surface area (Å²) in [5.74, 6) is 0.356. The van der Waals surface area contributed by atoms with Crippen molar-refractivity contribution >= 4 is 17.7 Å². The van der Waals surface area contributed by atoms with Crippen LogP contribution in [0.15, 0.2) is 24.3 Å². The number of benzene rings is 1. The van der Waals surface area contributed by atoms with Gasteiger partial charge in [-0.25, -0.2) is 0 Å². The first-order valence-electron chi connectivity index (χ1n) is 16.6. The predicted molar refractivity (Wildman–Crippen MR) is 174 cm³/mol. The van der Waals surface area contributed by atoms with Crippen molar-refractivity contribution in [3.63, 3.8) is 0 Å². The van der Waals surface area contributed by atoms with E-state index < -0.39 is 24.4 Å². The lowest BCUT2D eigenvalue weighted by Crippen LogP contribution is -2.51. The number of carbonyl (C=O) groups excluding carboxylic acids is 3. The molecule has 12 nitrogen and oxygen atoms in total. The topological polar surface area (TPSA) is 132 Å². The Morgan fingerprint density at radius 3 is 2.33 bits per heavy atom. The molecule has 3 amide bonds. The first-order chi connectivity index (χ1) is 22.0. The molecule has 0 aromatic heterocycles. The zero-order valence-electron chi connectivity index (χ0n) is 28.6. The van der Waals surface area contributed by atoms with Gasteiger partial charge in [0.2, 0.25) is 17.7 Å². The summed E-state index contributed by atoms with van der Waals surface area (Å²) in [5, 5.41) is 21.6. The molecule has 46 heavy (non-hydrogen) atoms. The molecule has 5 atom stereocenters. The Kier molecular flexibility index (Phi) is 15.2. The molecule has 0 spiro atoms. The molecule has 2 heterocycles. The predicted octanol–water partition coefficient (Wildman–Crippen LogP) is 1.79. The zero-order valence-corrected chi connectivity index (χ0v) is 28.6. The highest BCUT2D eigenvalue weighted by molar-refractivity contribution is 5.79. The molecular formula is C34H56N4O8. The molecule has 0 radical (unpaired) electrons. The van der Waals surface area contributed by atoms with E-state index in [1.165, 1.54) is 14.0 Å². The monoisotopic (exact) mass is 648 g/mol. The van der Waals surface area contributed by atoms with Crippen LogP contribution in [0.5, 0.6) is 5.75 Å². The Balaban J connectivity index is 2.06. The minimum Gasteiger partial charge on any atom is -0.497 e. The van der Waals surface area contributed by atoms with Crippen molar-refractivity contribution in [2.24, 2.45) is 11.8 Å². The minimum absolute atomic E-state index is 0.0185. The van der Waals surface area contributed by atoms with Gasteiger partial charge in [-0.05, 0) is 42.9 Å². The number of hydrogen-bond acceptors (Lipinski definition) is 9. The van der Waals surface area contributed by atoms with E-state index in [-0.39, 0.29) is 49.3 Å². The van der Waals surface area contributed by atoms with Crippen molar-refractivity contribution in [1.29, 1.82) is 0 Å². The SMILES string of the molecule is COc1cccc([C@@H]2[C@@H](C(C)C)CN(C(C)=O)C[C@H](OC)[C@@H](O)[C@@H](O)COCCCCN2C(=O)CN2CCCN(C(C)=O)CC2)c1. The van der Waals surface area contributed by atoms with Crippen LogP contribution in [0.1, 0.15) is 58.6 Å². The molecule has 0 bridgehead atoms. The van der Waals surface area contributed by atoms with Crippen LogP contribution in [0.4, 0.5) is 0 Å². The summed E-state index contributed by atoms with van der Waals surface area (Å²) in [7, 11) is 3.07. The summed E-state index contributed by atoms with van der Waals surface area (Å²) in [6, 6.07) is 7.37. The second-order valence-corrected chi connectivity index (χ2v) is 12.9. The lowest BCUT2D eigenvalue weighted by molar-refractivity contribution is -0.140. The molecular weight excluding hydrogens is 592 g/mol. The van der Waals surface area contributed by atoms with Gasteiger partial charge in [-0.2, -0.15) is 0 Å². The second kappa shape index (κ2) is 18.5. The fourth-order valence-electron chi connectivity index (χ4n) is 6.47. The van der Waals surface area contributed by atoms with Crippen molar-refractivity contribution in [2.75, 3.05) is 79.8 Å². The maximum absolute atomic E-state index is 14.5. The van der Waals surface area contributed by atoms with E-state index in [0.29, 0.717) is 57.9 Å². The third-order valence-electron chi connectivity index (χ3n) is 9.33. The molecule has 0 saturated carbocycles. The molecule has 0 unspecified atom stereocenters. The summed E-state index contributed by atoms with van der Waals surface area (Å²) in [4.78, 5) is 47.2. The molecule has 0 aliphatic carbocycles. The van der Waals surface area contributed by atoms with Crippen LogP contribution in [0.3, 0.4) is 0 Å². The van der Waals surface area contributed by atoms with Crippen molar-refractivity contribution in [3.8, 4) is 5.75 Å². The number of amides is 3. The number of rotatable bonds is 6. The van der Waals surface area contributed by atoms with Crippen LogP contribution in [-0.4, -0.2) is 146 Å². The number of methoxy groups -OCH3 is 2. The van der Waals surface area contributed by atoms with E-state index in [0.717, 1.165) is 18.5 Å². The number of hydrogen-bond donors (Lipinski definition) is 2. The summed E-state index contributed by atoms with van der Waals surface area (Å²) in [6.07, 6.45) is -1.18. The average molecular weight is 649 g/mol. The van der Waals surface area contributed by atoms with Gasteiger partial charge >= 0.3 is 0 Å². The van der Waals surface area contributed by atoms with Crippen LogP contribution in [-0.2, 0) is 23.9 Å². The highest BCUT2D eigenvalue weighted by Crippen LogP contribution is 2.37. The van der Waals surface area contributed by atoms with Gasteiger partial charge in [0, 0.05) is 79.3 Å². The van der Waals surface area contributed by atoms with Crippen molar-refractivity contribution in [3.05, 3.63) is 29.8 Å². The van der Waals surface area contributed by atoms with Crippen LogP contribution in [0, 0.1) is 11.8 Å². The lowest BCUT2D eigenvalue weighted by Gasteiger charge is -2.42. The average Bonchev–Trinajstić information content (AvgIpc) is 3.27. The van der Waals surface area contributed by atoms with Gasteiger partial charge in [-0.15, -0.1) is 0 Å². The van der Waals surface area contributed by atoms with Gasteiger partial charge in [0.1, 0.15) is 24.1 Å². The van der Waals surface area contributed by atoms with Crippen LogP contribution >= 0.6 is 0 Å². The van der Waals surface area contributed by atoms with Gasteiger partial charge in [-0.1, -0.05) is 26.0 Å². The Hall–Kier alpha value is -2.77. The van der Waals surface area contributed by atoms with E-state index in [2.05, 4.69) is 18.7 Å². The largest absolute Gasteiger partial charge is 0.497 e. The molecule has 12 heteroatoms. The Bertz CT molecular complexity index is 1120. The van der Waals surface area contributed by atoms with Crippen LogP contribution < -0.4 is 4.74 Å². The van der Waals surface area contributed by atoms with Crippen LogP contribution in [0.25, 0.3) is 0 Å². The van der Waals surface area contributed by atoms with Gasteiger partial charge in [0.05, 0.1) is 26.3 Å². The van der Waals surface area contributed by atoms with E-state index in [1.54, 1.807) is 18.9 Å². The first kappa shape index (κ1) is 37.7. The highest BCUT2D eigenvalue weighted by atomic mass is 16.5. The van der Waals surface area contributed by atoms with E-state index in [9.17, 15) is 24.6 Å². The summed E-state index contributed by atoms with van der Waals surface area (Å²) in [6.45, 7) is 11.2. The third-order valence-corrected chi connectivity index (χ3v) is 9.33. The van der Waals surface area contributed by atoms with Crippen LogP contribution in [0.2, 0.25) is 0 Å². The summed E-state index contributed by atoms with van der Waals surface area (Å²) < 4.78 is 16.9. The normalized spacial score (nSPS) is 26.6. The molecule has 2 saturated heterocycles. The second-order valence-electron chi connectivity index (χ2n) is 12.9. The van der Waals surface area contributed by atoms with Gasteiger partial charge in [0.25, 0.3) is 0 Å². The fourth-order valence-corrected chi connectivity index (χ4v) is 6.47. The molecule has 260 valence electrons. The quantitative estimate of drug-likeness (QED) is 0.474.